The average molecular weight is 340 g/mol. The van der Waals surface area contributed by atoms with Gasteiger partial charge >= 0.3 is 0 Å². The minimum absolute atomic E-state index is 0.384. The fourth-order valence-electron chi connectivity index (χ4n) is 1.54. The number of amides is 1. The van der Waals surface area contributed by atoms with Crippen LogP contribution in [0.25, 0.3) is 0 Å². The van der Waals surface area contributed by atoms with Crippen LogP contribution in [-0.2, 0) is 9.53 Å². The third-order valence-corrected chi connectivity index (χ3v) is 6.04. The molecular weight excluding hydrogens is 330 g/mol. The number of rotatable bonds is 2. The van der Waals surface area contributed by atoms with Gasteiger partial charge in [-0.2, -0.15) is 0 Å². The van der Waals surface area contributed by atoms with Gasteiger partial charge in [0.1, 0.15) is 0 Å². The van der Waals surface area contributed by atoms with Crippen LogP contribution in [-0.4, -0.2) is 56.1 Å². The highest BCUT2D eigenvalue weighted by atomic mass is 35.5. The molecule has 17 heavy (non-hydrogen) atoms. The first-order chi connectivity index (χ1) is 7.84. The number of carbonyl (C=O) groups excluding carboxylic acids is 1. The number of hydrogen-bond acceptors (Lipinski definition) is 4. The lowest BCUT2D eigenvalue weighted by molar-refractivity contribution is -0.127. The van der Waals surface area contributed by atoms with E-state index in [2.05, 4.69) is 0 Å². The van der Waals surface area contributed by atoms with Crippen LogP contribution in [0.15, 0.2) is 0 Å². The van der Waals surface area contributed by atoms with Gasteiger partial charge in [-0.25, -0.2) is 0 Å². The van der Waals surface area contributed by atoms with Crippen molar-refractivity contribution < 1.29 is 9.53 Å². The Labute approximate surface area is 124 Å². The van der Waals surface area contributed by atoms with Gasteiger partial charge < -0.3 is 4.74 Å². The summed E-state index contributed by atoms with van der Waals surface area (Å²) < 4.78 is 3.24. The summed E-state index contributed by atoms with van der Waals surface area (Å²) in [5.41, 5.74) is 0. The van der Waals surface area contributed by atoms with E-state index in [1.807, 2.05) is 4.90 Å². The molecule has 0 aliphatic carbocycles. The third-order valence-electron chi connectivity index (χ3n) is 2.52. The van der Waals surface area contributed by atoms with Crippen molar-refractivity contribution in [2.45, 2.75) is 8.00 Å². The lowest BCUT2D eigenvalue weighted by Gasteiger charge is -2.29. The van der Waals surface area contributed by atoms with Crippen LogP contribution < -0.4 is 0 Å². The van der Waals surface area contributed by atoms with Crippen molar-refractivity contribution in [3.63, 3.8) is 0 Å². The fraction of sp³-hybridized carbons (Fsp3) is 0.875. The van der Waals surface area contributed by atoms with Gasteiger partial charge in [-0.1, -0.05) is 46.4 Å². The second-order valence-corrected chi connectivity index (χ2v) is 8.08. The maximum atomic E-state index is 11.9. The van der Waals surface area contributed by atoms with Crippen LogP contribution in [0.4, 0.5) is 0 Å². The molecule has 9 heteroatoms. The van der Waals surface area contributed by atoms with Crippen LogP contribution in [0, 0.1) is 0 Å². The monoisotopic (exact) mass is 338 g/mol. The summed E-state index contributed by atoms with van der Waals surface area (Å²) in [4.78, 5) is 14.0. The largest absolute Gasteiger partial charge is 0.379 e. The molecule has 2 heterocycles. The summed E-state index contributed by atoms with van der Waals surface area (Å²) in [5.74, 6) is -0.484. The molecular formula is C8H10Cl4N2O2S. The smallest absolute Gasteiger partial charge is 0.274 e. The first-order valence-electron chi connectivity index (χ1n) is 4.91. The maximum absolute atomic E-state index is 11.9. The molecule has 0 unspecified atom stereocenters. The van der Waals surface area contributed by atoms with Crippen molar-refractivity contribution >= 4 is 64.3 Å². The summed E-state index contributed by atoms with van der Waals surface area (Å²) in [7, 11) is 0. The Hall–Kier alpha value is 0.900. The highest BCUT2D eigenvalue weighted by Gasteiger charge is 2.63. The van der Waals surface area contributed by atoms with Gasteiger partial charge in [0.25, 0.3) is 5.91 Å². The predicted molar refractivity (Wildman–Crippen MR) is 70.6 cm³/mol. The Kier molecular flexibility index (Phi) is 4.31. The number of nitrogens with zero attached hydrogens (tertiary/aromatic N) is 2. The number of alkyl halides is 4. The average Bonchev–Trinajstić information content (AvgIpc) is 2.41. The highest BCUT2D eigenvalue weighted by Crippen LogP contribution is 2.58. The van der Waals surface area contributed by atoms with Crippen LogP contribution in [0.5, 0.6) is 0 Å². The Bertz CT molecular complexity index is 323. The standard InChI is InChI=1S/C8H10Cl4N2O2S/c9-7(10)6(15)14(17-8(7,11)12)5-13-1-3-16-4-2-13/h1-5H2. The molecule has 0 aromatic heterocycles. The fourth-order valence-corrected chi connectivity index (χ4v) is 3.63. The molecule has 0 aromatic rings. The number of carbonyl (C=O) groups is 1. The second-order valence-electron chi connectivity index (χ2n) is 3.74. The lowest BCUT2D eigenvalue weighted by Crippen LogP contribution is -2.44. The Morgan fingerprint density at radius 2 is 1.82 bits per heavy atom. The molecule has 2 aliphatic heterocycles. The molecule has 0 spiro atoms. The summed E-state index contributed by atoms with van der Waals surface area (Å²) in [6.45, 7) is 3.17. The third kappa shape index (κ3) is 2.76. The number of morpholine rings is 1. The normalized spacial score (nSPS) is 28.7. The molecule has 1 amide bonds. The number of halogens is 4. The van der Waals surface area contributed by atoms with Gasteiger partial charge in [-0.05, 0) is 11.9 Å². The van der Waals surface area contributed by atoms with Gasteiger partial charge in [-0.3, -0.25) is 14.0 Å². The SMILES string of the molecule is O=C1N(CN2CCOCC2)SC(Cl)(Cl)C1(Cl)Cl. The molecule has 98 valence electrons. The van der Waals surface area contributed by atoms with Crippen molar-refractivity contribution in [1.29, 1.82) is 0 Å². The number of ether oxygens (including phenoxy) is 1. The maximum Gasteiger partial charge on any atom is 0.274 e. The van der Waals surface area contributed by atoms with Crippen molar-refractivity contribution in [1.82, 2.24) is 9.21 Å². The first-order valence-corrected chi connectivity index (χ1v) is 7.20. The Morgan fingerprint density at radius 3 is 2.29 bits per heavy atom. The lowest BCUT2D eigenvalue weighted by atomic mass is 10.4. The predicted octanol–water partition coefficient (Wildman–Crippen LogP) is 2.07. The highest BCUT2D eigenvalue weighted by molar-refractivity contribution is 8.02. The Morgan fingerprint density at radius 1 is 1.24 bits per heavy atom. The molecule has 2 rings (SSSR count). The molecule has 0 N–H and O–H groups in total. The Balaban J connectivity index is 2.01. The minimum Gasteiger partial charge on any atom is -0.379 e. The van der Waals surface area contributed by atoms with E-state index >= 15 is 0 Å². The molecule has 0 aromatic carbocycles. The van der Waals surface area contributed by atoms with E-state index in [-0.39, 0.29) is 0 Å². The van der Waals surface area contributed by atoms with Crippen LogP contribution in [0.1, 0.15) is 0 Å². The van der Waals surface area contributed by atoms with E-state index in [0.29, 0.717) is 19.9 Å². The zero-order valence-electron chi connectivity index (χ0n) is 8.67. The summed E-state index contributed by atoms with van der Waals surface area (Å²) in [6, 6.07) is 0. The van der Waals surface area contributed by atoms with Crippen LogP contribution in [0.3, 0.4) is 0 Å². The first kappa shape index (κ1) is 14.3. The van der Waals surface area contributed by atoms with Gasteiger partial charge in [0.05, 0.1) is 19.9 Å². The van der Waals surface area contributed by atoms with E-state index in [1.54, 1.807) is 0 Å². The topological polar surface area (TPSA) is 32.8 Å². The molecule has 2 aliphatic rings. The number of hydrogen-bond donors (Lipinski definition) is 0. The van der Waals surface area contributed by atoms with Crippen molar-refractivity contribution in [3.8, 4) is 0 Å². The van der Waals surface area contributed by atoms with E-state index in [1.165, 1.54) is 4.31 Å². The van der Waals surface area contributed by atoms with E-state index < -0.39 is 13.9 Å². The zero-order chi connectivity index (χ0) is 12.7. The quantitative estimate of drug-likeness (QED) is 0.569. The van der Waals surface area contributed by atoms with Crippen molar-refractivity contribution in [2.75, 3.05) is 33.0 Å². The van der Waals surface area contributed by atoms with E-state index in [9.17, 15) is 4.79 Å². The molecule has 0 radical (unpaired) electrons. The van der Waals surface area contributed by atoms with Gasteiger partial charge in [-0.15, -0.1) is 0 Å². The molecule has 2 fully saturated rings. The molecule has 0 saturated carbocycles. The molecule has 2 saturated heterocycles. The summed E-state index contributed by atoms with van der Waals surface area (Å²) >= 11 is 24.5. The van der Waals surface area contributed by atoms with E-state index in [4.69, 9.17) is 51.1 Å². The molecule has 4 nitrogen and oxygen atoms in total. The van der Waals surface area contributed by atoms with Crippen molar-refractivity contribution in [3.05, 3.63) is 0 Å². The van der Waals surface area contributed by atoms with Gasteiger partial charge in [0.15, 0.2) is 0 Å². The molecule has 0 atom stereocenters. The van der Waals surface area contributed by atoms with Gasteiger partial charge in [0, 0.05) is 13.1 Å². The summed E-state index contributed by atoms with van der Waals surface area (Å²) in [5, 5.41) is 0. The van der Waals surface area contributed by atoms with Crippen LogP contribution >= 0.6 is 58.4 Å². The van der Waals surface area contributed by atoms with Crippen molar-refractivity contribution in [2.24, 2.45) is 0 Å². The zero-order valence-corrected chi connectivity index (χ0v) is 12.5. The summed E-state index contributed by atoms with van der Waals surface area (Å²) in [6.07, 6.45) is 0. The molecule has 0 bridgehead atoms. The second kappa shape index (κ2) is 5.12. The van der Waals surface area contributed by atoms with Crippen LogP contribution in [0.2, 0.25) is 0 Å². The van der Waals surface area contributed by atoms with E-state index in [0.717, 1.165) is 25.0 Å². The van der Waals surface area contributed by atoms with Gasteiger partial charge in [0.2, 0.25) is 8.00 Å². The minimum atomic E-state index is -1.81.